The van der Waals surface area contributed by atoms with Gasteiger partial charge in [-0.25, -0.2) is 9.78 Å². The molecule has 106 valence electrons. The molecule has 0 aliphatic carbocycles. The molecule has 1 aromatic carbocycles. The summed E-state index contributed by atoms with van der Waals surface area (Å²) < 4.78 is 6.63. The lowest BCUT2D eigenvalue weighted by Crippen LogP contribution is -2.10. The average Bonchev–Trinajstić information content (AvgIpc) is 2.92. The van der Waals surface area contributed by atoms with Crippen LogP contribution in [-0.2, 0) is 11.2 Å². The molecule has 0 radical (unpaired) electrons. The monoisotopic (exact) mass is 300 g/mol. The van der Waals surface area contributed by atoms with E-state index in [1.807, 2.05) is 36.4 Å². The second kappa shape index (κ2) is 5.58. The van der Waals surface area contributed by atoms with Gasteiger partial charge in [-0.3, -0.25) is 4.40 Å². The number of methoxy groups -OCH3 is 1. The van der Waals surface area contributed by atoms with Gasteiger partial charge >= 0.3 is 5.97 Å². The summed E-state index contributed by atoms with van der Waals surface area (Å²) in [4.78, 5) is 16.3. The summed E-state index contributed by atoms with van der Waals surface area (Å²) in [5.74, 6) is 0.359. The van der Waals surface area contributed by atoms with E-state index in [0.29, 0.717) is 17.1 Å². The van der Waals surface area contributed by atoms with Crippen molar-refractivity contribution in [3.05, 3.63) is 70.8 Å². The Morgan fingerprint density at radius 3 is 2.81 bits per heavy atom. The molecule has 21 heavy (non-hydrogen) atoms. The zero-order chi connectivity index (χ0) is 14.8. The number of benzene rings is 1. The van der Waals surface area contributed by atoms with Crippen LogP contribution in [0.3, 0.4) is 0 Å². The molecule has 0 saturated carbocycles. The highest BCUT2D eigenvalue weighted by Gasteiger charge is 2.15. The van der Waals surface area contributed by atoms with Crippen molar-refractivity contribution in [1.82, 2.24) is 9.38 Å². The summed E-state index contributed by atoms with van der Waals surface area (Å²) in [5, 5.41) is 0.685. The molecule has 2 heterocycles. The lowest BCUT2D eigenvalue weighted by atomic mass is 10.1. The predicted octanol–water partition coefficient (Wildman–Crippen LogP) is 3.37. The fourth-order valence-corrected chi connectivity index (χ4v) is 2.52. The van der Waals surface area contributed by atoms with Gasteiger partial charge in [0.1, 0.15) is 11.5 Å². The van der Waals surface area contributed by atoms with Crippen LogP contribution in [0.1, 0.15) is 21.9 Å². The molecule has 0 spiro atoms. The van der Waals surface area contributed by atoms with Crippen molar-refractivity contribution in [1.29, 1.82) is 0 Å². The highest BCUT2D eigenvalue weighted by molar-refractivity contribution is 6.31. The maximum atomic E-state index is 11.9. The van der Waals surface area contributed by atoms with E-state index in [9.17, 15) is 4.79 Å². The zero-order valence-corrected chi connectivity index (χ0v) is 12.2. The first kappa shape index (κ1) is 13.6. The number of carbonyl (C=O) groups excluding carboxylic acids is 1. The third kappa shape index (κ3) is 2.50. The lowest BCUT2D eigenvalue weighted by Gasteiger charge is -2.08. The van der Waals surface area contributed by atoms with Gasteiger partial charge in [0.05, 0.1) is 18.8 Å². The number of ether oxygens (including phenoxy) is 1. The Morgan fingerprint density at radius 1 is 1.24 bits per heavy atom. The van der Waals surface area contributed by atoms with Crippen molar-refractivity contribution in [2.24, 2.45) is 0 Å². The Balaban J connectivity index is 2.11. The van der Waals surface area contributed by atoms with Crippen LogP contribution in [-0.4, -0.2) is 22.5 Å². The molecule has 0 saturated heterocycles. The van der Waals surface area contributed by atoms with Crippen LogP contribution in [0.4, 0.5) is 0 Å². The number of carbonyl (C=O) groups is 1. The molecule has 0 unspecified atom stereocenters. The number of imidazole rings is 1. The number of hydrogen-bond acceptors (Lipinski definition) is 3. The highest BCUT2D eigenvalue weighted by Crippen LogP contribution is 2.20. The summed E-state index contributed by atoms with van der Waals surface area (Å²) in [7, 11) is 1.37. The number of aromatic nitrogens is 2. The standard InChI is InChI=1S/C16H13ClN2O2/c1-21-16(20)14-8-4-6-12-10-18-15(19(12)14)9-11-5-2-3-7-13(11)17/h2-8,10H,9H2,1H3. The Bertz CT molecular complexity index is 811. The average molecular weight is 301 g/mol. The number of hydrogen-bond donors (Lipinski definition) is 0. The molecular weight excluding hydrogens is 288 g/mol. The van der Waals surface area contributed by atoms with Gasteiger partial charge in [0.15, 0.2) is 0 Å². The first-order valence-electron chi connectivity index (χ1n) is 6.48. The normalized spacial score (nSPS) is 10.8. The summed E-state index contributed by atoms with van der Waals surface area (Å²) in [6.07, 6.45) is 2.28. The van der Waals surface area contributed by atoms with Crippen LogP contribution in [0.2, 0.25) is 5.02 Å². The van der Waals surface area contributed by atoms with E-state index < -0.39 is 0 Å². The molecule has 3 rings (SSSR count). The molecule has 0 N–H and O–H groups in total. The Morgan fingerprint density at radius 2 is 2.05 bits per heavy atom. The number of pyridine rings is 1. The number of esters is 1. The fourth-order valence-electron chi connectivity index (χ4n) is 2.31. The van der Waals surface area contributed by atoms with E-state index in [4.69, 9.17) is 16.3 Å². The largest absolute Gasteiger partial charge is 0.464 e. The molecule has 5 heteroatoms. The Hall–Kier alpha value is -2.33. The van der Waals surface area contributed by atoms with Gasteiger partial charge in [-0.05, 0) is 23.8 Å². The molecule has 0 aliphatic rings. The number of fused-ring (bicyclic) bond motifs is 1. The fraction of sp³-hybridized carbons (Fsp3) is 0.125. The quantitative estimate of drug-likeness (QED) is 0.697. The van der Waals surface area contributed by atoms with Crippen molar-refractivity contribution < 1.29 is 9.53 Å². The minimum atomic E-state index is -0.390. The van der Waals surface area contributed by atoms with Gasteiger partial charge in [-0.15, -0.1) is 0 Å². The van der Waals surface area contributed by atoms with Gasteiger partial charge in [0, 0.05) is 11.4 Å². The van der Waals surface area contributed by atoms with Crippen LogP contribution in [0.15, 0.2) is 48.7 Å². The molecule has 3 aromatic rings. The first-order chi connectivity index (χ1) is 10.2. The molecular formula is C16H13ClN2O2. The van der Waals surface area contributed by atoms with Gasteiger partial charge < -0.3 is 4.74 Å². The smallest absolute Gasteiger partial charge is 0.355 e. The van der Waals surface area contributed by atoms with E-state index in [-0.39, 0.29) is 5.97 Å². The van der Waals surface area contributed by atoms with E-state index in [0.717, 1.165) is 16.9 Å². The van der Waals surface area contributed by atoms with Crippen LogP contribution < -0.4 is 0 Å². The van der Waals surface area contributed by atoms with E-state index in [1.54, 1.807) is 16.7 Å². The number of halogens is 1. The van der Waals surface area contributed by atoms with Crippen LogP contribution in [0.5, 0.6) is 0 Å². The number of rotatable bonds is 3. The molecule has 2 aromatic heterocycles. The molecule has 4 nitrogen and oxygen atoms in total. The topological polar surface area (TPSA) is 43.6 Å². The van der Waals surface area contributed by atoms with Gasteiger partial charge in [-0.1, -0.05) is 35.9 Å². The summed E-state index contributed by atoms with van der Waals surface area (Å²) in [6, 6.07) is 13.0. The minimum absolute atomic E-state index is 0.390. The summed E-state index contributed by atoms with van der Waals surface area (Å²) in [5.41, 5.74) is 2.26. The Kier molecular flexibility index (Phi) is 3.62. The number of nitrogens with zero attached hydrogens (tertiary/aromatic N) is 2. The van der Waals surface area contributed by atoms with E-state index in [2.05, 4.69) is 4.98 Å². The molecule has 0 fully saturated rings. The molecule has 0 bridgehead atoms. The molecule has 0 aliphatic heterocycles. The third-order valence-electron chi connectivity index (χ3n) is 3.33. The van der Waals surface area contributed by atoms with Gasteiger partial charge in [0.25, 0.3) is 0 Å². The molecule has 0 amide bonds. The van der Waals surface area contributed by atoms with E-state index in [1.165, 1.54) is 7.11 Å². The predicted molar refractivity (Wildman–Crippen MR) is 80.8 cm³/mol. The first-order valence-corrected chi connectivity index (χ1v) is 6.85. The van der Waals surface area contributed by atoms with Crippen molar-refractivity contribution in [3.63, 3.8) is 0 Å². The SMILES string of the molecule is COC(=O)c1cccc2cnc(Cc3ccccc3Cl)n12. The van der Waals surface area contributed by atoms with E-state index >= 15 is 0 Å². The Labute approximate surface area is 126 Å². The van der Waals surface area contributed by atoms with Crippen molar-refractivity contribution in [2.45, 2.75) is 6.42 Å². The van der Waals surface area contributed by atoms with Crippen LogP contribution >= 0.6 is 11.6 Å². The van der Waals surface area contributed by atoms with Gasteiger partial charge in [-0.2, -0.15) is 0 Å². The molecule has 0 atom stereocenters. The third-order valence-corrected chi connectivity index (χ3v) is 3.69. The lowest BCUT2D eigenvalue weighted by molar-refractivity contribution is 0.0592. The summed E-state index contributed by atoms with van der Waals surface area (Å²) >= 11 is 6.19. The second-order valence-corrected chi connectivity index (χ2v) is 5.01. The van der Waals surface area contributed by atoms with Gasteiger partial charge in [0.2, 0.25) is 0 Å². The summed E-state index contributed by atoms with van der Waals surface area (Å²) in [6.45, 7) is 0. The minimum Gasteiger partial charge on any atom is -0.464 e. The van der Waals surface area contributed by atoms with Crippen molar-refractivity contribution in [3.8, 4) is 0 Å². The van der Waals surface area contributed by atoms with Crippen LogP contribution in [0.25, 0.3) is 5.52 Å². The highest BCUT2D eigenvalue weighted by atomic mass is 35.5. The maximum absolute atomic E-state index is 11.9. The van der Waals surface area contributed by atoms with Crippen molar-refractivity contribution >= 4 is 23.1 Å². The van der Waals surface area contributed by atoms with Crippen LogP contribution in [0, 0.1) is 0 Å². The van der Waals surface area contributed by atoms with Crippen molar-refractivity contribution in [2.75, 3.05) is 7.11 Å². The second-order valence-electron chi connectivity index (χ2n) is 4.61. The zero-order valence-electron chi connectivity index (χ0n) is 11.4. The maximum Gasteiger partial charge on any atom is 0.355 e.